The van der Waals surface area contributed by atoms with Crippen LogP contribution in [0.15, 0.2) is 30.6 Å². The highest BCUT2D eigenvalue weighted by Crippen LogP contribution is 2.20. The van der Waals surface area contributed by atoms with Crippen LogP contribution in [0.25, 0.3) is 0 Å². The molecule has 1 atom stereocenters. The molecule has 1 saturated heterocycles. The Morgan fingerprint density at radius 3 is 2.83 bits per heavy atom. The molecule has 6 heteroatoms. The van der Waals surface area contributed by atoms with Crippen LogP contribution in [0.4, 0.5) is 11.8 Å². The number of pyridine rings is 1. The lowest BCUT2D eigenvalue weighted by Gasteiger charge is -2.20. The predicted octanol–water partition coefficient (Wildman–Crippen LogP) is 1.64. The number of rotatable bonds is 5. The van der Waals surface area contributed by atoms with Crippen LogP contribution < -0.4 is 9.80 Å². The smallest absolute Gasteiger partial charge is 0.227 e. The van der Waals surface area contributed by atoms with Gasteiger partial charge in [-0.3, -0.25) is 4.98 Å². The van der Waals surface area contributed by atoms with E-state index in [-0.39, 0.29) is 6.10 Å². The van der Waals surface area contributed by atoms with Crippen molar-refractivity contribution >= 4 is 11.8 Å². The van der Waals surface area contributed by atoms with Crippen molar-refractivity contribution in [3.8, 4) is 0 Å². The quantitative estimate of drug-likeness (QED) is 0.905. The van der Waals surface area contributed by atoms with E-state index in [2.05, 4.69) is 38.9 Å². The third-order valence-corrected chi connectivity index (χ3v) is 4.15. The Bertz CT molecular complexity index is 646. The molecule has 1 aliphatic rings. The number of hydrogen-bond acceptors (Lipinski definition) is 6. The van der Waals surface area contributed by atoms with Gasteiger partial charge in [0.05, 0.1) is 18.3 Å². The first-order chi connectivity index (χ1) is 11.2. The van der Waals surface area contributed by atoms with E-state index in [0.717, 1.165) is 30.9 Å². The molecular formula is C17H23N5O. The number of nitrogens with zero attached hydrogens (tertiary/aromatic N) is 5. The molecule has 0 unspecified atom stereocenters. The molecule has 2 aromatic heterocycles. The van der Waals surface area contributed by atoms with Crippen molar-refractivity contribution < 1.29 is 5.11 Å². The van der Waals surface area contributed by atoms with Crippen molar-refractivity contribution in [2.24, 2.45) is 0 Å². The minimum Gasteiger partial charge on any atom is -0.391 e. The normalized spacial score (nSPS) is 17.5. The second kappa shape index (κ2) is 6.91. The number of aromatic nitrogens is 3. The molecule has 1 N–H and O–H groups in total. The van der Waals surface area contributed by atoms with Crippen LogP contribution in [0.2, 0.25) is 0 Å². The molecule has 3 heterocycles. The molecule has 0 aromatic carbocycles. The Morgan fingerprint density at radius 2 is 2.17 bits per heavy atom. The van der Waals surface area contributed by atoms with E-state index in [1.807, 2.05) is 24.2 Å². The maximum atomic E-state index is 9.67. The summed E-state index contributed by atoms with van der Waals surface area (Å²) in [6.07, 6.45) is 5.23. The molecule has 0 aliphatic carbocycles. The van der Waals surface area contributed by atoms with Gasteiger partial charge in [0.15, 0.2) is 0 Å². The highest BCUT2D eigenvalue weighted by atomic mass is 16.3. The lowest BCUT2D eigenvalue weighted by molar-refractivity contribution is 0.198. The van der Waals surface area contributed by atoms with Crippen LogP contribution in [0.3, 0.4) is 0 Å². The van der Waals surface area contributed by atoms with Gasteiger partial charge in [-0.05, 0) is 30.5 Å². The second-order valence-corrected chi connectivity index (χ2v) is 5.97. The molecule has 0 bridgehead atoms. The Morgan fingerprint density at radius 1 is 1.30 bits per heavy atom. The fraction of sp³-hybridized carbons (Fsp3) is 0.471. The van der Waals surface area contributed by atoms with Gasteiger partial charge in [0.25, 0.3) is 0 Å². The fourth-order valence-electron chi connectivity index (χ4n) is 2.72. The lowest BCUT2D eigenvalue weighted by Crippen LogP contribution is -2.24. The van der Waals surface area contributed by atoms with Crippen molar-refractivity contribution in [3.05, 3.63) is 41.9 Å². The zero-order valence-electron chi connectivity index (χ0n) is 13.7. The monoisotopic (exact) mass is 313 g/mol. The van der Waals surface area contributed by atoms with E-state index in [1.54, 1.807) is 6.20 Å². The summed E-state index contributed by atoms with van der Waals surface area (Å²) < 4.78 is 0. The second-order valence-electron chi connectivity index (χ2n) is 5.97. The van der Waals surface area contributed by atoms with Crippen LogP contribution >= 0.6 is 0 Å². The Hall–Kier alpha value is -2.21. The summed E-state index contributed by atoms with van der Waals surface area (Å²) >= 11 is 0. The largest absolute Gasteiger partial charge is 0.391 e. The van der Waals surface area contributed by atoms with E-state index in [0.29, 0.717) is 19.0 Å². The topological polar surface area (TPSA) is 65.4 Å². The zero-order valence-corrected chi connectivity index (χ0v) is 13.7. The third kappa shape index (κ3) is 3.76. The Balaban J connectivity index is 1.70. The number of aliphatic hydroxyl groups is 1. The van der Waals surface area contributed by atoms with Gasteiger partial charge >= 0.3 is 0 Å². The molecule has 0 spiro atoms. The molecular weight excluding hydrogens is 290 g/mol. The van der Waals surface area contributed by atoms with Gasteiger partial charge in [0.2, 0.25) is 5.95 Å². The summed E-state index contributed by atoms with van der Waals surface area (Å²) in [5.74, 6) is 1.54. The van der Waals surface area contributed by atoms with Gasteiger partial charge in [-0.15, -0.1) is 0 Å². The van der Waals surface area contributed by atoms with E-state index in [9.17, 15) is 5.11 Å². The van der Waals surface area contributed by atoms with Crippen LogP contribution in [0.1, 0.15) is 24.6 Å². The van der Waals surface area contributed by atoms with Gasteiger partial charge in [-0.1, -0.05) is 13.0 Å². The van der Waals surface area contributed by atoms with Crippen LogP contribution in [-0.2, 0) is 13.0 Å². The first kappa shape index (κ1) is 15.7. The zero-order chi connectivity index (χ0) is 16.2. The standard InChI is InChI=1S/C17H23N5O/c1-3-13-4-5-14(19-10-13)11-21(2)17-18-8-6-16(20-17)22-9-7-15(23)12-22/h4-6,8,10,15,23H,3,7,9,11-12H2,1-2H3/t15-/m0/s1. The summed E-state index contributed by atoms with van der Waals surface area (Å²) in [6.45, 7) is 4.26. The van der Waals surface area contributed by atoms with Gasteiger partial charge in [0, 0.05) is 32.5 Å². The summed E-state index contributed by atoms with van der Waals surface area (Å²) in [5.41, 5.74) is 2.23. The van der Waals surface area contributed by atoms with Crippen molar-refractivity contribution in [1.29, 1.82) is 0 Å². The first-order valence-electron chi connectivity index (χ1n) is 8.06. The molecule has 0 radical (unpaired) electrons. The highest BCUT2D eigenvalue weighted by Gasteiger charge is 2.22. The summed E-state index contributed by atoms with van der Waals surface area (Å²) in [7, 11) is 1.97. The van der Waals surface area contributed by atoms with E-state index in [4.69, 9.17) is 0 Å². The Labute approximate surface area is 136 Å². The van der Waals surface area contributed by atoms with Crippen LogP contribution in [0.5, 0.6) is 0 Å². The first-order valence-corrected chi connectivity index (χ1v) is 8.06. The van der Waals surface area contributed by atoms with E-state index < -0.39 is 0 Å². The summed E-state index contributed by atoms with van der Waals surface area (Å²) in [5, 5.41) is 9.67. The molecule has 1 fully saturated rings. The molecule has 0 amide bonds. The van der Waals surface area contributed by atoms with Crippen LogP contribution in [0, 0.1) is 0 Å². The van der Waals surface area contributed by atoms with Crippen molar-refractivity contribution in [1.82, 2.24) is 15.0 Å². The minimum atomic E-state index is -0.257. The average Bonchev–Trinajstić information content (AvgIpc) is 3.02. The maximum absolute atomic E-state index is 9.67. The van der Waals surface area contributed by atoms with Crippen molar-refractivity contribution in [3.63, 3.8) is 0 Å². The minimum absolute atomic E-state index is 0.257. The molecule has 23 heavy (non-hydrogen) atoms. The van der Waals surface area contributed by atoms with Gasteiger partial charge < -0.3 is 14.9 Å². The number of β-amino-alcohol motifs (C(OH)–C–C–N with tert-alkyl or cyclic N) is 1. The predicted molar refractivity (Wildman–Crippen MR) is 90.6 cm³/mol. The Kier molecular flexibility index (Phi) is 4.71. The van der Waals surface area contributed by atoms with E-state index >= 15 is 0 Å². The molecule has 1 aliphatic heterocycles. The average molecular weight is 313 g/mol. The number of anilines is 2. The van der Waals surface area contributed by atoms with E-state index in [1.165, 1.54) is 5.56 Å². The molecule has 122 valence electrons. The number of aryl methyl sites for hydroxylation is 1. The van der Waals surface area contributed by atoms with Crippen LogP contribution in [-0.4, -0.2) is 46.3 Å². The molecule has 2 aromatic rings. The lowest BCUT2D eigenvalue weighted by atomic mass is 10.2. The van der Waals surface area contributed by atoms with Crippen molar-refractivity contribution in [2.75, 3.05) is 29.9 Å². The fourth-order valence-corrected chi connectivity index (χ4v) is 2.72. The summed E-state index contributed by atoms with van der Waals surface area (Å²) in [4.78, 5) is 17.5. The molecule has 3 rings (SSSR count). The maximum Gasteiger partial charge on any atom is 0.227 e. The van der Waals surface area contributed by atoms with Gasteiger partial charge in [-0.2, -0.15) is 4.98 Å². The third-order valence-electron chi connectivity index (χ3n) is 4.15. The van der Waals surface area contributed by atoms with Gasteiger partial charge in [-0.25, -0.2) is 4.98 Å². The number of aliphatic hydroxyl groups excluding tert-OH is 1. The molecule has 6 nitrogen and oxygen atoms in total. The summed E-state index contributed by atoms with van der Waals surface area (Å²) in [6, 6.07) is 6.05. The highest BCUT2D eigenvalue weighted by molar-refractivity contribution is 5.44. The van der Waals surface area contributed by atoms with Crippen molar-refractivity contribution in [2.45, 2.75) is 32.4 Å². The molecule has 0 saturated carbocycles. The SMILES string of the molecule is CCc1ccc(CN(C)c2nccc(N3CC[C@H](O)C3)n2)nc1. The number of hydrogen-bond donors (Lipinski definition) is 1. The van der Waals surface area contributed by atoms with Gasteiger partial charge in [0.1, 0.15) is 5.82 Å².